The number of benzene rings is 1. The third kappa shape index (κ3) is 5.09. The van der Waals surface area contributed by atoms with E-state index in [1.165, 1.54) is 48.1 Å². The van der Waals surface area contributed by atoms with E-state index in [0.29, 0.717) is 5.92 Å². The van der Waals surface area contributed by atoms with Crippen LogP contribution in [0.5, 0.6) is 5.75 Å². The summed E-state index contributed by atoms with van der Waals surface area (Å²) in [7, 11) is 0. The van der Waals surface area contributed by atoms with Crippen LogP contribution in [0.15, 0.2) is 35.7 Å². The Hall–Kier alpha value is -1.32. The van der Waals surface area contributed by atoms with Crippen LogP contribution in [0.25, 0.3) is 0 Å². The highest BCUT2D eigenvalue weighted by molar-refractivity contribution is 7.09. The van der Waals surface area contributed by atoms with E-state index in [9.17, 15) is 0 Å². The molecule has 2 nitrogen and oxygen atoms in total. The third-order valence-corrected chi connectivity index (χ3v) is 5.63. The fourth-order valence-electron chi connectivity index (χ4n) is 3.40. The van der Waals surface area contributed by atoms with Gasteiger partial charge in [-0.25, -0.2) is 0 Å². The highest BCUT2D eigenvalue weighted by Gasteiger charge is 2.13. The Kier molecular flexibility index (Phi) is 6.74. The molecule has 0 saturated carbocycles. The van der Waals surface area contributed by atoms with Crippen LogP contribution in [0, 0.1) is 5.92 Å². The number of hydrogen-bond donors (Lipinski definition) is 1. The number of aryl methyl sites for hydroxylation is 2. The van der Waals surface area contributed by atoms with Gasteiger partial charge in [-0.3, -0.25) is 0 Å². The van der Waals surface area contributed by atoms with Crippen molar-refractivity contribution in [3.05, 3.63) is 51.7 Å². The van der Waals surface area contributed by atoms with Crippen molar-refractivity contribution in [3.63, 3.8) is 0 Å². The normalized spacial score (nSPS) is 15.0. The van der Waals surface area contributed by atoms with E-state index >= 15 is 0 Å². The second kappa shape index (κ2) is 9.24. The molecular weight excluding hydrogens is 314 g/mol. The van der Waals surface area contributed by atoms with Gasteiger partial charge in [-0.1, -0.05) is 19.1 Å². The van der Waals surface area contributed by atoms with Gasteiger partial charge in [-0.15, -0.1) is 11.3 Å². The molecule has 1 heterocycles. The van der Waals surface area contributed by atoms with Crippen molar-refractivity contribution < 1.29 is 4.74 Å². The number of hydrogen-bond acceptors (Lipinski definition) is 3. The lowest BCUT2D eigenvalue weighted by molar-refractivity contribution is 0.243. The maximum atomic E-state index is 6.18. The molecule has 0 spiro atoms. The average Bonchev–Trinajstić information content (AvgIpc) is 3.12. The molecule has 0 aliphatic heterocycles. The van der Waals surface area contributed by atoms with Crippen molar-refractivity contribution in [1.29, 1.82) is 0 Å². The summed E-state index contributed by atoms with van der Waals surface area (Å²) < 4.78 is 6.18. The quantitative estimate of drug-likeness (QED) is 0.656. The molecule has 0 saturated heterocycles. The highest BCUT2D eigenvalue weighted by atomic mass is 32.1. The lowest BCUT2D eigenvalue weighted by Gasteiger charge is -2.20. The first-order valence-corrected chi connectivity index (χ1v) is 10.2. The molecule has 3 rings (SSSR count). The van der Waals surface area contributed by atoms with Crippen LogP contribution in [-0.4, -0.2) is 19.7 Å². The number of nitrogens with one attached hydrogen (secondary N) is 1. The van der Waals surface area contributed by atoms with Gasteiger partial charge in [0.1, 0.15) is 5.75 Å². The Morgan fingerprint density at radius 2 is 2.04 bits per heavy atom. The maximum Gasteiger partial charge on any atom is 0.119 e. The molecule has 0 amide bonds. The molecule has 0 fully saturated rings. The van der Waals surface area contributed by atoms with Gasteiger partial charge >= 0.3 is 0 Å². The molecule has 0 bridgehead atoms. The molecular formula is C21H29NOS. The second-order valence-corrected chi connectivity index (χ2v) is 7.83. The molecule has 2 aromatic rings. The summed E-state index contributed by atoms with van der Waals surface area (Å²) in [5.74, 6) is 1.56. The zero-order chi connectivity index (χ0) is 16.6. The van der Waals surface area contributed by atoms with Gasteiger partial charge in [0, 0.05) is 17.3 Å². The average molecular weight is 344 g/mol. The SMILES string of the molecule is CCCNCC(COc1ccc2c(c1)CCCC2)Cc1cccs1. The highest BCUT2D eigenvalue weighted by Crippen LogP contribution is 2.26. The molecule has 1 aliphatic rings. The molecule has 1 aromatic carbocycles. The lowest BCUT2D eigenvalue weighted by atomic mass is 9.92. The number of thiophene rings is 1. The van der Waals surface area contributed by atoms with Gasteiger partial charge < -0.3 is 10.1 Å². The zero-order valence-electron chi connectivity index (χ0n) is 14.7. The molecule has 24 heavy (non-hydrogen) atoms. The summed E-state index contributed by atoms with van der Waals surface area (Å²) in [6, 6.07) is 11.1. The minimum atomic E-state index is 0.520. The molecule has 1 aliphatic carbocycles. The fourth-order valence-corrected chi connectivity index (χ4v) is 4.22. The van der Waals surface area contributed by atoms with Crippen LogP contribution < -0.4 is 10.1 Å². The molecule has 1 aromatic heterocycles. The molecule has 1 unspecified atom stereocenters. The van der Waals surface area contributed by atoms with E-state index in [1.54, 1.807) is 0 Å². The van der Waals surface area contributed by atoms with Gasteiger partial charge in [0.2, 0.25) is 0 Å². The Bertz CT molecular complexity index is 608. The number of fused-ring (bicyclic) bond motifs is 1. The van der Waals surface area contributed by atoms with Crippen molar-refractivity contribution in [1.82, 2.24) is 5.32 Å². The molecule has 130 valence electrons. The van der Waals surface area contributed by atoms with Crippen LogP contribution in [0.2, 0.25) is 0 Å². The minimum absolute atomic E-state index is 0.520. The molecule has 3 heteroatoms. The van der Waals surface area contributed by atoms with E-state index in [-0.39, 0.29) is 0 Å². The van der Waals surface area contributed by atoms with Crippen molar-refractivity contribution in [2.45, 2.75) is 45.4 Å². The van der Waals surface area contributed by atoms with E-state index in [0.717, 1.165) is 31.9 Å². The monoisotopic (exact) mass is 343 g/mol. The van der Waals surface area contributed by atoms with Crippen molar-refractivity contribution in [2.24, 2.45) is 5.92 Å². The summed E-state index contributed by atoms with van der Waals surface area (Å²) >= 11 is 1.85. The Morgan fingerprint density at radius 3 is 2.83 bits per heavy atom. The Labute approximate surface area is 150 Å². The predicted octanol–water partition coefficient (Wildman–Crippen LogP) is 4.86. The summed E-state index contributed by atoms with van der Waals surface area (Å²) in [5, 5.41) is 5.72. The van der Waals surface area contributed by atoms with E-state index in [1.807, 2.05) is 11.3 Å². The van der Waals surface area contributed by atoms with Crippen LogP contribution in [0.3, 0.4) is 0 Å². The van der Waals surface area contributed by atoms with Gasteiger partial charge in [0.25, 0.3) is 0 Å². The molecule has 0 radical (unpaired) electrons. The Morgan fingerprint density at radius 1 is 1.17 bits per heavy atom. The van der Waals surface area contributed by atoms with Gasteiger partial charge in [-0.05, 0) is 79.8 Å². The largest absolute Gasteiger partial charge is 0.493 e. The van der Waals surface area contributed by atoms with E-state index in [2.05, 4.69) is 48.0 Å². The van der Waals surface area contributed by atoms with Crippen LogP contribution in [0.4, 0.5) is 0 Å². The predicted molar refractivity (Wildman–Crippen MR) is 103 cm³/mol. The van der Waals surface area contributed by atoms with E-state index < -0.39 is 0 Å². The summed E-state index contributed by atoms with van der Waals surface area (Å²) in [6.07, 6.45) is 7.37. The smallest absolute Gasteiger partial charge is 0.119 e. The maximum absolute atomic E-state index is 6.18. The standard InChI is InChI=1S/C21H29NOS/c1-2-11-22-15-17(13-21-8-5-12-24-21)16-23-20-10-9-18-6-3-4-7-19(18)14-20/h5,8-10,12,14,17,22H,2-4,6-7,11,13,15-16H2,1H3. The first kappa shape index (κ1) is 17.5. The van der Waals surface area contributed by atoms with Crippen molar-refractivity contribution in [3.8, 4) is 5.75 Å². The summed E-state index contributed by atoms with van der Waals surface area (Å²) in [4.78, 5) is 1.45. The summed E-state index contributed by atoms with van der Waals surface area (Å²) in [6.45, 7) is 5.11. The first-order chi connectivity index (χ1) is 11.8. The third-order valence-electron chi connectivity index (χ3n) is 4.74. The number of rotatable bonds is 9. The summed E-state index contributed by atoms with van der Waals surface area (Å²) in [5.41, 5.74) is 3.02. The van der Waals surface area contributed by atoms with Gasteiger partial charge in [-0.2, -0.15) is 0 Å². The van der Waals surface area contributed by atoms with Gasteiger partial charge in [0.05, 0.1) is 6.61 Å². The van der Waals surface area contributed by atoms with Crippen LogP contribution in [-0.2, 0) is 19.3 Å². The molecule has 1 N–H and O–H groups in total. The Balaban J connectivity index is 1.57. The van der Waals surface area contributed by atoms with Crippen LogP contribution >= 0.6 is 11.3 Å². The number of ether oxygens (including phenoxy) is 1. The van der Waals surface area contributed by atoms with Gasteiger partial charge in [0.15, 0.2) is 0 Å². The molecule has 1 atom stereocenters. The topological polar surface area (TPSA) is 21.3 Å². The fraction of sp³-hybridized carbons (Fsp3) is 0.524. The lowest BCUT2D eigenvalue weighted by Crippen LogP contribution is -2.29. The first-order valence-electron chi connectivity index (χ1n) is 9.33. The van der Waals surface area contributed by atoms with Crippen LogP contribution in [0.1, 0.15) is 42.2 Å². The van der Waals surface area contributed by atoms with Crippen molar-refractivity contribution >= 4 is 11.3 Å². The minimum Gasteiger partial charge on any atom is -0.493 e. The second-order valence-electron chi connectivity index (χ2n) is 6.80. The van der Waals surface area contributed by atoms with E-state index in [4.69, 9.17) is 4.74 Å². The zero-order valence-corrected chi connectivity index (χ0v) is 15.5. The van der Waals surface area contributed by atoms with Crippen molar-refractivity contribution in [2.75, 3.05) is 19.7 Å².